The van der Waals surface area contributed by atoms with E-state index >= 15 is 0 Å². The van der Waals surface area contributed by atoms with Crippen molar-refractivity contribution < 1.29 is 27.4 Å². The zero-order valence-electron chi connectivity index (χ0n) is 16.6. The van der Waals surface area contributed by atoms with Crippen molar-refractivity contribution in [1.82, 2.24) is 0 Å². The lowest BCUT2D eigenvalue weighted by atomic mass is 10.2. The summed E-state index contributed by atoms with van der Waals surface area (Å²) in [6.07, 6.45) is -0.366. The van der Waals surface area contributed by atoms with Crippen LogP contribution < -0.4 is 13.8 Å². The van der Waals surface area contributed by atoms with Crippen molar-refractivity contribution in [1.29, 1.82) is 0 Å². The number of sulfonamides is 1. The fraction of sp³-hybridized carbons (Fsp3) is 0.350. The summed E-state index contributed by atoms with van der Waals surface area (Å²) in [5.74, 6) is 0.0917. The van der Waals surface area contributed by atoms with E-state index in [1.54, 1.807) is 38.1 Å². The van der Waals surface area contributed by atoms with Crippen LogP contribution in [0.3, 0.4) is 0 Å². The van der Waals surface area contributed by atoms with Crippen molar-refractivity contribution in [3.63, 3.8) is 0 Å². The van der Waals surface area contributed by atoms with Crippen LogP contribution in [0.25, 0.3) is 0 Å². The molecule has 0 aliphatic carbocycles. The Bertz CT molecular complexity index is 922. The SMILES string of the molecule is COc1ccc(N(CC(=O)OC(C)C)S(=O)(=O)c2ccc(C)cc2)c(OC)c1. The molecule has 2 rings (SSSR count). The van der Waals surface area contributed by atoms with E-state index in [9.17, 15) is 13.2 Å². The number of esters is 1. The minimum Gasteiger partial charge on any atom is -0.497 e. The molecule has 0 spiro atoms. The fourth-order valence-electron chi connectivity index (χ4n) is 2.55. The van der Waals surface area contributed by atoms with Crippen molar-refractivity contribution in [3.8, 4) is 11.5 Å². The molecule has 0 saturated heterocycles. The van der Waals surface area contributed by atoms with Crippen molar-refractivity contribution >= 4 is 21.7 Å². The summed E-state index contributed by atoms with van der Waals surface area (Å²) in [6, 6.07) is 11.1. The van der Waals surface area contributed by atoms with Gasteiger partial charge in [-0.2, -0.15) is 0 Å². The van der Waals surface area contributed by atoms with Gasteiger partial charge in [-0.3, -0.25) is 9.10 Å². The number of rotatable bonds is 8. The van der Waals surface area contributed by atoms with E-state index in [1.165, 1.54) is 32.4 Å². The Morgan fingerprint density at radius 1 is 1.04 bits per heavy atom. The number of benzene rings is 2. The van der Waals surface area contributed by atoms with E-state index < -0.39 is 22.5 Å². The number of methoxy groups -OCH3 is 2. The quantitative estimate of drug-likeness (QED) is 0.625. The van der Waals surface area contributed by atoms with Gasteiger partial charge in [0, 0.05) is 6.07 Å². The van der Waals surface area contributed by atoms with Crippen LogP contribution in [0.2, 0.25) is 0 Å². The predicted octanol–water partition coefficient (Wildman–Crippen LogP) is 3.16. The molecule has 0 fully saturated rings. The second-order valence-corrected chi connectivity index (χ2v) is 8.26. The average Bonchev–Trinajstić information content (AvgIpc) is 2.65. The third kappa shape index (κ3) is 4.95. The van der Waals surface area contributed by atoms with Gasteiger partial charge >= 0.3 is 5.97 Å². The zero-order chi connectivity index (χ0) is 20.9. The molecule has 152 valence electrons. The van der Waals surface area contributed by atoms with Crippen LogP contribution in [0.1, 0.15) is 19.4 Å². The smallest absolute Gasteiger partial charge is 0.327 e. The van der Waals surface area contributed by atoms with Gasteiger partial charge in [-0.15, -0.1) is 0 Å². The third-order valence-electron chi connectivity index (χ3n) is 3.90. The number of nitrogens with zero attached hydrogens (tertiary/aromatic N) is 1. The number of hydrogen-bond acceptors (Lipinski definition) is 6. The molecule has 0 heterocycles. The molecular formula is C20H25NO6S. The maximum Gasteiger partial charge on any atom is 0.327 e. The van der Waals surface area contributed by atoms with Crippen LogP contribution in [-0.2, 0) is 19.6 Å². The van der Waals surface area contributed by atoms with E-state index in [-0.39, 0.29) is 22.4 Å². The largest absolute Gasteiger partial charge is 0.497 e. The first-order chi connectivity index (χ1) is 13.2. The van der Waals surface area contributed by atoms with Gasteiger partial charge in [0.25, 0.3) is 10.0 Å². The molecule has 0 amide bonds. The molecule has 7 nitrogen and oxygen atoms in total. The van der Waals surface area contributed by atoms with Gasteiger partial charge in [-0.25, -0.2) is 8.42 Å². The molecule has 0 radical (unpaired) electrons. The molecule has 0 unspecified atom stereocenters. The highest BCUT2D eigenvalue weighted by molar-refractivity contribution is 7.92. The molecule has 2 aromatic rings. The van der Waals surface area contributed by atoms with Crippen LogP contribution in [0.5, 0.6) is 11.5 Å². The maximum atomic E-state index is 13.3. The summed E-state index contributed by atoms with van der Waals surface area (Å²) in [6.45, 7) is 4.77. The molecule has 0 bridgehead atoms. The van der Waals surface area contributed by atoms with E-state index in [0.29, 0.717) is 5.75 Å². The van der Waals surface area contributed by atoms with Crippen molar-refractivity contribution in [2.75, 3.05) is 25.1 Å². The molecule has 8 heteroatoms. The number of carbonyl (C=O) groups excluding carboxylic acids is 1. The molecule has 0 atom stereocenters. The monoisotopic (exact) mass is 407 g/mol. The average molecular weight is 407 g/mol. The molecule has 0 N–H and O–H groups in total. The van der Waals surface area contributed by atoms with Gasteiger partial charge < -0.3 is 14.2 Å². The highest BCUT2D eigenvalue weighted by atomic mass is 32.2. The molecule has 28 heavy (non-hydrogen) atoms. The van der Waals surface area contributed by atoms with Crippen LogP contribution in [-0.4, -0.2) is 41.3 Å². The van der Waals surface area contributed by atoms with Gasteiger partial charge in [0.1, 0.15) is 18.0 Å². The first kappa shape index (κ1) is 21.6. The highest BCUT2D eigenvalue weighted by Gasteiger charge is 2.30. The topological polar surface area (TPSA) is 82.1 Å². The van der Waals surface area contributed by atoms with Crippen LogP contribution in [0, 0.1) is 6.92 Å². The summed E-state index contributed by atoms with van der Waals surface area (Å²) >= 11 is 0. The molecule has 0 aromatic heterocycles. The van der Waals surface area contributed by atoms with Crippen molar-refractivity contribution in [2.45, 2.75) is 31.8 Å². The lowest BCUT2D eigenvalue weighted by Gasteiger charge is -2.26. The van der Waals surface area contributed by atoms with Gasteiger partial charge in [-0.1, -0.05) is 17.7 Å². The van der Waals surface area contributed by atoms with Gasteiger partial charge in [0.15, 0.2) is 0 Å². The Balaban J connectivity index is 2.57. The third-order valence-corrected chi connectivity index (χ3v) is 5.68. The molecular weight excluding hydrogens is 382 g/mol. The van der Waals surface area contributed by atoms with Crippen LogP contribution in [0.15, 0.2) is 47.4 Å². The maximum absolute atomic E-state index is 13.3. The first-order valence-corrected chi connectivity index (χ1v) is 10.1. The number of carbonyl (C=O) groups is 1. The Labute approximate surface area is 165 Å². The second-order valence-electron chi connectivity index (χ2n) is 6.40. The number of aryl methyl sites for hydroxylation is 1. The van der Waals surface area contributed by atoms with Crippen molar-refractivity contribution in [3.05, 3.63) is 48.0 Å². The normalized spacial score (nSPS) is 11.2. The summed E-state index contributed by atoms with van der Waals surface area (Å²) in [5, 5.41) is 0. The summed E-state index contributed by atoms with van der Waals surface area (Å²) in [7, 11) is -1.13. The van der Waals surface area contributed by atoms with E-state index in [0.717, 1.165) is 9.87 Å². The highest BCUT2D eigenvalue weighted by Crippen LogP contribution is 2.35. The summed E-state index contributed by atoms with van der Waals surface area (Å²) in [4.78, 5) is 12.4. The predicted molar refractivity (Wildman–Crippen MR) is 106 cm³/mol. The molecule has 0 aliphatic rings. The second kappa shape index (κ2) is 8.97. The minimum absolute atomic E-state index is 0.0633. The Morgan fingerprint density at radius 3 is 2.21 bits per heavy atom. The first-order valence-electron chi connectivity index (χ1n) is 8.70. The number of ether oxygens (including phenoxy) is 3. The van der Waals surface area contributed by atoms with E-state index in [2.05, 4.69) is 0 Å². The van der Waals surface area contributed by atoms with Gasteiger partial charge in [0.2, 0.25) is 0 Å². The van der Waals surface area contributed by atoms with E-state index in [4.69, 9.17) is 14.2 Å². The standard InChI is InChI=1S/C20H25NO6S/c1-14(2)27-20(22)13-21(18-11-8-16(25-4)12-19(18)26-5)28(23,24)17-9-6-15(3)7-10-17/h6-12,14H,13H2,1-5H3. The minimum atomic E-state index is -4.04. The molecule has 0 aliphatic heterocycles. The Kier molecular flexibility index (Phi) is 6.90. The van der Waals surface area contributed by atoms with Crippen LogP contribution in [0.4, 0.5) is 5.69 Å². The lowest BCUT2D eigenvalue weighted by molar-refractivity contribution is -0.145. The Hall–Kier alpha value is -2.74. The number of hydrogen-bond donors (Lipinski definition) is 0. The summed E-state index contributed by atoms with van der Waals surface area (Å²) < 4.78 is 43.3. The van der Waals surface area contributed by atoms with Gasteiger partial charge in [-0.05, 0) is 45.0 Å². The van der Waals surface area contributed by atoms with E-state index in [1.807, 2.05) is 6.92 Å². The van der Waals surface area contributed by atoms with Crippen LogP contribution >= 0.6 is 0 Å². The fourth-order valence-corrected chi connectivity index (χ4v) is 3.97. The van der Waals surface area contributed by atoms with Gasteiger partial charge in [0.05, 0.1) is 30.9 Å². The zero-order valence-corrected chi connectivity index (χ0v) is 17.4. The molecule has 2 aromatic carbocycles. The van der Waals surface area contributed by atoms with Crippen molar-refractivity contribution in [2.24, 2.45) is 0 Å². The number of anilines is 1. The molecule has 0 saturated carbocycles. The lowest BCUT2D eigenvalue weighted by Crippen LogP contribution is -2.37. The Morgan fingerprint density at radius 2 is 1.68 bits per heavy atom. The summed E-state index contributed by atoms with van der Waals surface area (Å²) in [5.41, 5.74) is 1.14.